The Morgan fingerprint density at radius 3 is 3.18 bits per heavy atom. The Kier molecular flexibility index (Phi) is 1.86. The van der Waals surface area contributed by atoms with E-state index in [4.69, 9.17) is 9.85 Å². The third kappa shape index (κ3) is 2.02. The smallest absolute Gasteiger partial charge is 0.280 e. The second kappa shape index (κ2) is 3.98. The van der Waals surface area contributed by atoms with Crippen molar-refractivity contribution >= 4 is 28.9 Å². The predicted octanol–water partition coefficient (Wildman–Crippen LogP) is -1.20. The molecule has 0 spiro atoms. The Bertz CT molecular complexity index is 651. The molecule has 8 nitrogen and oxygen atoms in total. The van der Waals surface area contributed by atoms with Crippen molar-refractivity contribution in [3.05, 3.63) is 10.4 Å². The maximum atomic E-state index is 11.8. The van der Waals surface area contributed by atoms with E-state index in [1.165, 1.54) is 0 Å². The molecule has 0 unspecified atom stereocenters. The molecule has 0 fully saturated rings. The minimum atomic E-state index is -2.86. The normalized spacial score (nSPS) is 18.9. The Balaban J connectivity index is 2.39. The molecule has 1 aliphatic rings. The monoisotopic (exact) mass is 241 g/mol. The third-order valence-corrected chi connectivity index (χ3v) is 2.12. The fraction of sp³-hybridized carbons (Fsp3) is 0.333. The Labute approximate surface area is 99.8 Å². The topological polar surface area (TPSA) is 133 Å². The first-order chi connectivity index (χ1) is 9.20. The zero-order chi connectivity index (χ0) is 15.1. The van der Waals surface area contributed by atoms with Gasteiger partial charge in [-0.1, -0.05) is 0 Å². The number of aromatic nitrogens is 2. The lowest BCUT2D eigenvalue weighted by atomic mass is 10.2. The maximum Gasteiger partial charge on any atom is 0.280 e. The number of aliphatic hydroxyl groups is 1. The van der Waals surface area contributed by atoms with Gasteiger partial charge in [-0.05, 0) is 6.85 Å². The van der Waals surface area contributed by atoms with Crippen molar-refractivity contribution in [3.63, 3.8) is 0 Å². The molecule has 1 atom stereocenters. The number of anilines is 2. The molecular formula is C9H11N5O3. The SMILES string of the molecule is [2H][13C]([2H])([2H])[C@H](O)C(=O)C1=Nc2c(nc(N)[nH]c2=O)NC1. The molecule has 1 aliphatic heterocycles. The second-order valence-corrected chi connectivity index (χ2v) is 3.33. The number of fused-ring (bicyclic) bond motifs is 1. The average molecular weight is 241 g/mol. The van der Waals surface area contributed by atoms with Crippen LogP contribution in [0, 0.1) is 0 Å². The molecule has 0 amide bonds. The van der Waals surface area contributed by atoms with Crippen LogP contribution in [0.5, 0.6) is 0 Å². The van der Waals surface area contributed by atoms with Crippen LogP contribution in [0.25, 0.3) is 0 Å². The number of nitrogens with zero attached hydrogens (tertiary/aromatic N) is 2. The molecule has 2 rings (SSSR count). The summed E-state index contributed by atoms with van der Waals surface area (Å²) >= 11 is 0. The number of hydrogen-bond acceptors (Lipinski definition) is 7. The Morgan fingerprint density at radius 1 is 1.71 bits per heavy atom. The number of aromatic amines is 1. The standard InChI is InChI=1S/C9H11N5O3/c1-3(15)6(16)4-2-11-7-5(12-4)8(17)14-9(10)13-7/h3,15H,2H2,1H3,(H4,10,11,13,14,17)/t3-/m0/s1/i1+1D3. The van der Waals surface area contributed by atoms with E-state index in [1.807, 2.05) is 0 Å². The summed E-state index contributed by atoms with van der Waals surface area (Å²) in [4.78, 5) is 33.1. The molecule has 0 radical (unpaired) electrons. The first-order valence-electron chi connectivity index (χ1n) is 6.13. The highest BCUT2D eigenvalue weighted by Gasteiger charge is 2.23. The molecule has 5 N–H and O–H groups in total. The zero-order valence-corrected chi connectivity index (χ0v) is 8.52. The van der Waals surface area contributed by atoms with Crippen molar-refractivity contribution in [2.75, 3.05) is 17.6 Å². The van der Waals surface area contributed by atoms with Gasteiger partial charge in [-0.3, -0.25) is 14.6 Å². The van der Waals surface area contributed by atoms with E-state index in [9.17, 15) is 14.7 Å². The number of rotatable bonds is 2. The number of carbonyl (C=O) groups excluding carboxylic acids is 1. The van der Waals surface area contributed by atoms with E-state index in [0.717, 1.165) is 0 Å². The Hall–Kier alpha value is -2.22. The molecule has 0 aliphatic carbocycles. The van der Waals surface area contributed by atoms with Crippen molar-refractivity contribution in [1.82, 2.24) is 9.97 Å². The van der Waals surface area contributed by atoms with E-state index in [0.29, 0.717) is 0 Å². The largest absolute Gasteiger partial charge is 0.385 e. The van der Waals surface area contributed by atoms with Crippen LogP contribution in [0.15, 0.2) is 9.79 Å². The molecule has 8 heteroatoms. The van der Waals surface area contributed by atoms with Gasteiger partial charge in [-0.25, -0.2) is 4.99 Å². The van der Waals surface area contributed by atoms with Gasteiger partial charge in [-0.15, -0.1) is 0 Å². The first kappa shape index (κ1) is 7.96. The van der Waals surface area contributed by atoms with Crippen LogP contribution in [0.4, 0.5) is 17.5 Å². The number of nitrogens with one attached hydrogen (secondary N) is 2. The molecule has 0 bridgehead atoms. The van der Waals surface area contributed by atoms with Gasteiger partial charge < -0.3 is 16.2 Å². The number of hydrogen-bond donors (Lipinski definition) is 4. The minimum absolute atomic E-state index is 0.0890. The number of carbonyl (C=O) groups is 1. The van der Waals surface area contributed by atoms with Gasteiger partial charge in [0, 0.05) is 4.11 Å². The lowest BCUT2D eigenvalue weighted by Crippen LogP contribution is -2.34. The van der Waals surface area contributed by atoms with E-state index < -0.39 is 24.3 Å². The summed E-state index contributed by atoms with van der Waals surface area (Å²) in [7, 11) is 0. The summed E-state index contributed by atoms with van der Waals surface area (Å²) in [5.41, 5.74) is 4.22. The second-order valence-electron chi connectivity index (χ2n) is 3.33. The van der Waals surface area contributed by atoms with E-state index in [2.05, 4.69) is 20.3 Å². The number of H-pyrrole nitrogens is 1. The van der Waals surface area contributed by atoms with Crippen molar-refractivity contribution in [2.24, 2.45) is 4.99 Å². The lowest BCUT2D eigenvalue weighted by molar-refractivity contribution is -0.119. The Morgan fingerprint density at radius 2 is 2.47 bits per heavy atom. The molecule has 0 saturated heterocycles. The van der Waals surface area contributed by atoms with Crippen LogP contribution >= 0.6 is 0 Å². The fourth-order valence-corrected chi connectivity index (χ4v) is 1.35. The number of aliphatic hydroxyl groups excluding tert-OH is 1. The zero-order valence-electron chi connectivity index (χ0n) is 11.5. The van der Waals surface area contributed by atoms with Gasteiger partial charge in [0.2, 0.25) is 11.7 Å². The number of Topliss-reactive ketones (excluding diaryl/α,β-unsaturated/α-hetero) is 1. The molecule has 1 aromatic rings. The van der Waals surface area contributed by atoms with Gasteiger partial charge in [0.1, 0.15) is 11.8 Å². The quantitative estimate of drug-likeness (QED) is 0.480. The molecule has 0 aromatic carbocycles. The van der Waals surface area contributed by atoms with Crippen molar-refractivity contribution in [1.29, 1.82) is 0 Å². The molecule has 1 aromatic heterocycles. The highest BCUT2D eigenvalue weighted by Crippen LogP contribution is 2.21. The van der Waals surface area contributed by atoms with Crippen LogP contribution in [-0.2, 0) is 4.79 Å². The molecule has 90 valence electrons. The predicted molar refractivity (Wildman–Crippen MR) is 61.5 cm³/mol. The van der Waals surface area contributed by atoms with E-state index in [-0.39, 0.29) is 29.7 Å². The van der Waals surface area contributed by atoms with Crippen molar-refractivity contribution in [3.8, 4) is 0 Å². The van der Waals surface area contributed by atoms with Crippen LogP contribution in [-0.4, -0.2) is 39.2 Å². The van der Waals surface area contributed by atoms with Gasteiger partial charge in [0.25, 0.3) is 5.56 Å². The van der Waals surface area contributed by atoms with Crippen LogP contribution < -0.4 is 16.6 Å². The van der Waals surface area contributed by atoms with Crippen LogP contribution in [0.3, 0.4) is 0 Å². The van der Waals surface area contributed by atoms with Crippen LogP contribution in [0.1, 0.15) is 11.0 Å². The van der Waals surface area contributed by atoms with Gasteiger partial charge in [0.05, 0.1) is 6.54 Å². The molecule has 2 heterocycles. The maximum absolute atomic E-state index is 11.8. The number of nitrogens with two attached hydrogens (primary N) is 1. The van der Waals surface area contributed by atoms with Gasteiger partial charge >= 0.3 is 0 Å². The van der Waals surface area contributed by atoms with Crippen LogP contribution in [0.2, 0.25) is 0 Å². The summed E-state index contributed by atoms with van der Waals surface area (Å²) < 4.78 is 21.0. The van der Waals surface area contributed by atoms with Gasteiger partial charge in [-0.2, -0.15) is 4.98 Å². The van der Waals surface area contributed by atoms with Crippen molar-refractivity contribution < 1.29 is 14.0 Å². The number of aliphatic imine (C=N–C) groups is 1. The average Bonchev–Trinajstić information content (AvgIpc) is 2.35. The minimum Gasteiger partial charge on any atom is -0.385 e. The van der Waals surface area contributed by atoms with E-state index >= 15 is 0 Å². The highest BCUT2D eigenvalue weighted by atomic mass is 16.3. The summed E-state index contributed by atoms with van der Waals surface area (Å²) in [6.07, 6.45) is -2.19. The highest BCUT2D eigenvalue weighted by molar-refractivity contribution is 6.43. The summed E-state index contributed by atoms with van der Waals surface area (Å²) in [6, 6.07) is 0. The summed E-state index contributed by atoms with van der Waals surface area (Å²) in [5.74, 6) is -1.10. The first-order valence-corrected chi connectivity index (χ1v) is 4.63. The number of nitrogen functional groups attached to an aromatic ring is 1. The molecule has 17 heavy (non-hydrogen) atoms. The third-order valence-electron chi connectivity index (χ3n) is 2.12. The van der Waals surface area contributed by atoms with E-state index in [1.54, 1.807) is 0 Å². The summed E-state index contributed by atoms with van der Waals surface area (Å²) in [5, 5.41) is 12.0. The lowest BCUT2D eigenvalue weighted by Gasteiger charge is -2.16. The number of ketones is 1. The van der Waals surface area contributed by atoms with Gasteiger partial charge in [0.15, 0.2) is 11.5 Å². The molecule has 0 saturated carbocycles. The summed E-state index contributed by atoms with van der Waals surface area (Å²) in [6.45, 7) is -3.01. The molecular weight excluding hydrogens is 227 g/mol. The van der Waals surface area contributed by atoms with Crippen molar-refractivity contribution in [2.45, 2.75) is 13.0 Å². The fourth-order valence-electron chi connectivity index (χ4n) is 1.35.